The van der Waals surface area contributed by atoms with Crippen LogP contribution < -0.4 is 5.32 Å². The topological polar surface area (TPSA) is 75.4 Å². The lowest BCUT2D eigenvalue weighted by Crippen LogP contribution is -2.06. The van der Waals surface area contributed by atoms with Gasteiger partial charge in [0.05, 0.1) is 18.2 Å². The lowest BCUT2D eigenvalue weighted by atomic mass is 10.2. The van der Waals surface area contributed by atoms with E-state index in [1.165, 1.54) is 11.3 Å². The zero-order chi connectivity index (χ0) is 13.1. The highest BCUT2D eigenvalue weighted by atomic mass is 32.1. The molecule has 0 aromatic carbocycles. The van der Waals surface area contributed by atoms with Gasteiger partial charge < -0.3 is 14.8 Å². The molecular weight excluding hydrogens is 252 g/mol. The summed E-state index contributed by atoms with van der Waals surface area (Å²) in [6, 6.07) is 3.83. The Bertz CT molecular complexity index is 547. The van der Waals surface area contributed by atoms with Crippen LogP contribution in [0.25, 0.3) is 0 Å². The maximum absolute atomic E-state index is 10.6. The maximum Gasteiger partial charge on any atom is 0.309 e. The molecule has 2 N–H and O–H groups in total. The minimum atomic E-state index is -0.874. The lowest BCUT2D eigenvalue weighted by Gasteiger charge is -2.09. The number of carbonyl (C=O) groups is 1. The van der Waals surface area contributed by atoms with Gasteiger partial charge in [-0.3, -0.25) is 4.79 Å². The molecule has 6 heteroatoms. The van der Waals surface area contributed by atoms with Gasteiger partial charge in [-0.15, -0.1) is 11.3 Å². The van der Waals surface area contributed by atoms with Crippen LogP contribution >= 0.6 is 11.3 Å². The highest BCUT2D eigenvalue weighted by Crippen LogP contribution is 2.23. The summed E-state index contributed by atoms with van der Waals surface area (Å²) in [5.74, 6) is 0.827. The second-order valence-electron chi connectivity index (χ2n) is 4.03. The van der Waals surface area contributed by atoms with E-state index in [1.54, 1.807) is 5.38 Å². The first-order valence-corrected chi connectivity index (χ1v) is 6.41. The molecule has 18 heavy (non-hydrogen) atoms. The second kappa shape index (κ2) is 5.22. The quantitative estimate of drug-likeness (QED) is 0.870. The smallest absolute Gasteiger partial charge is 0.309 e. The number of carboxylic acid groups (broad SMARTS) is 1. The molecule has 2 aromatic heterocycles. The van der Waals surface area contributed by atoms with Gasteiger partial charge in [-0.25, -0.2) is 4.98 Å². The average molecular weight is 266 g/mol. The van der Waals surface area contributed by atoms with Crippen molar-refractivity contribution in [3.8, 4) is 0 Å². The van der Waals surface area contributed by atoms with E-state index in [0.29, 0.717) is 10.8 Å². The third-order valence-corrected chi connectivity index (χ3v) is 3.23. The highest BCUT2D eigenvalue weighted by molar-refractivity contribution is 7.13. The van der Waals surface area contributed by atoms with Gasteiger partial charge in [0.25, 0.3) is 0 Å². The van der Waals surface area contributed by atoms with Crippen LogP contribution in [0.15, 0.2) is 21.9 Å². The SMILES string of the molecule is Cc1ccc(C(C)Nc2nc(CC(=O)O)cs2)o1. The van der Waals surface area contributed by atoms with Gasteiger partial charge in [-0.05, 0) is 26.0 Å². The lowest BCUT2D eigenvalue weighted by molar-refractivity contribution is -0.136. The molecule has 0 aliphatic rings. The van der Waals surface area contributed by atoms with Gasteiger partial charge in [0.1, 0.15) is 11.5 Å². The molecule has 0 fully saturated rings. The Morgan fingerprint density at radius 3 is 3.00 bits per heavy atom. The van der Waals surface area contributed by atoms with Crippen LogP contribution in [0.4, 0.5) is 5.13 Å². The Balaban J connectivity index is 2.00. The van der Waals surface area contributed by atoms with Crippen molar-refractivity contribution in [1.82, 2.24) is 4.98 Å². The fourth-order valence-electron chi connectivity index (χ4n) is 1.55. The van der Waals surface area contributed by atoms with E-state index < -0.39 is 5.97 Å². The molecule has 2 rings (SSSR count). The fraction of sp³-hybridized carbons (Fsp3) is 0.333. The zero-order valence-electron chi connectivity index (χ0n) is 10.1. The summed E-state index contributed by atoms with van der Waals surface area (Å²) in [4.78, 5) is 14.8. The Hall–Kier alpha value is -1.82. The Labute approximate surface area is 108 Å². The summed E-state index contributed by atoms with van der Waals surface area (Å²) in [5, 5.41) is 14.3. The number of aliphatic carboxylic acids is 1. The van der Waals surface area contributed by atoms with Gasteiger partial charge in [-0.1, -0.05) is 0 Å². The van der Waals surface area contributed by atoms with Crippen molar-refractivity contribution < 1.29 is 14.3 Å². The molecule has 1 unspecified atom stereocenters. The molecular formula is C12H14N2O3S. The van der Waals surface area contributed by atoms with E-state index in [4.69, 9.17) is 9.52 Å². The molecule has 0 spiro atoms. The predicted octanol–water partition coefficient (Wildman–Crippen LogP) is 2.84. The molecule has 2 heterocycles. The van der Waals surface area contributed by atoms with Crippen LogP contribution in [-0.2, 0) is 11.2 Å². The van der Waals surface area contributed by atoms with Gasteiger partial charge in [0, 0.05) is 5.38 Å². The number of hydrogen-bond donors (Lipinski definition) is 2. The van der Waals surface area contributed by atoms with Gasteiger partial charge >= 0.3 is 5.97 Å². The summed E-state index contributed by atoms with van der Waals surface area (Å²) in [5.41, 5.74) is 0.567. The van der Waals surface area contributed by atoms with Crippen molar-refractivity contribution in [2.24, 2.45) is 0 Å². The number of anilines is 1. The van der Waals surface area contributed by atoms with Gasteiger partial charge in [0.15, 0.2) is 5.13 Å². The molecule has 2 aromatic rings. The summed E-state index contributed by atoms with van der Waals surface area (Å²) in [6.45, 7) is 3.86. The van der Waals surface area contributed by atoms with E-state index >= 15 is 0 Å². The fourth-order valence-corrected chi connectivity index (χ4v) is 2.35. The van der Waals surface area contributed by atoms with E-state index in [9.17, 15) is 4.79 Å². The van der Waals surface area contributed by atoms with E-state index in [-0.39, 0.29) is 12.5 Å². The van der Waals surface area contributed by atoms with Crippen LogP contribution in [-0.4, -0.2) is 16.1 Å². The van der Waals surface area contributed by atoms with E-state index in [1.807, 2.05) is 26.0 Å². The molecule has 0 aliphatic heterocycles. The molecule has 0 amide bonds. The van der Waals surface area contributed by atoms with Crippen LogP contribution in [0, 0.1) is 6.92 Å². The normalized spacial score (nSPS) is 12.3. The first kappa shape index (κ1) is 12.6. The maximum atomic E-state index is 10.6. The van der Waals surface area contributed by atoms with Crippen LogP contribution in [0.1, 0.15) is 30.2 Å². The van der Waals surface area contributed by atoms with Crippen LogP contribution in [0.2, 0.25) is 0 Å². The molecule has 0 saturated heterocycles. The van der Waals surface area contributed by atoms with Crippen molar-refractivity contribution in [3.63, 3.8) is 0 Å². The summed E-state index contributed by atoms with van der Waals surface area (Å²) >= 11 is 1.39. The van der Waals surface area contributed by atoms with E-state index in [2.05, 4.69) is 10.3 Å². The molecule has 1 atom stereocenters. The molecule has 96 valence electrons. The number of nitrogens with one attached hydrogen (secondary N) is 1. The highest BCUT2D eigenvalue weighted by Gasteiger charge is 2.12. The minimum Gasteiger partial charge on any atom is -0.481 e. The number of rotatable bonds is 5. The third kappa shape index (κ3) is 3.10. The Morgan fingerprint density at radius 1 is 1.61 bits per heavy atom. The molecule has 0 bridgehead atoms. The minimum absolute atomic E-state index is 0.00234. The Kier molecular flexibility index (Phi) is 3.66. The number of hydrogen-bond acceptors (Lipinski definition) is 5. The molecule has 5 nitrogen and oxygen atoms in total. The zero-order valence-corrected chi connectivity index (χ0v) is 11.0. The molecule has 0 radical (unpaired) electrons. The first-order chi connectivity index (χ1) is 8.54. The monoisotopic (exact) mass is 266 g/mol. The van der Waals surface area contributed by atoms with Crippen molar-refractivity contribution in [3.05, 3.63) is 34.7 Å². The van der Waals surface area contributed by atoms with Crippen molar-refractivity contribution >= 4 is 22.4 Å². The third-order valence-electron chi connectivity index (χ3n) is 2.41. The number of aromatic nitrogens is 1. The number of aryl methyl sites for hydroxylation is 1. The van der Waals surface area contributed by atoms with Gasteiger partial charge in [0.2, 0.25) is 0 Å². The van der Waals surface area contributed by atoms with E-state index in [0.717, 1.165) is 11.5 Å². The summed E-state index contributed by atoms with van der Waals surface area (Å²) in [6.07, 6.45) is -0.0492. The molecule has 0 saturated carbocycles. The number of furan rings is 1. The van der Waals surface area contributed by atoms with Crippen LogP contribution in [0.5, 0.6) is 0 Å². The van der Waals surface area contributed by atoms with Gasteiger partial charge in [-0.2, -0.15) is 0 Å². The number of nitrogens with zero attached hydrogens (tertiary/aromatic N) is 1. The second-order valence-corrected chi connectivity index (χ2v) is 4.89. The number of thiazole rings is 1. The summed E-state index contributed by atoms with van der Waals surface area (Å²) < 4.78 is 5.51. The molecule has 0 aliphatic carbocycles. The van der Waals surface area contributed by atoms with Crippen molar-refractivity contribution in [2.45, 2.75) is 26.3 Å². The standard InChI is InChI=1S/C12H14N2O3S/c1-7-3-4-10(17-7)8(2)13-12-14-9(6-18-12)5-11(15)16/h3-4,6,8H,5H2,1-2H3,(H,13,14)(H,15,16). The van der Waals surface area contributed by atoms with Crippen molar-refractivity contribution in [2.75, 3.05) is 5.32 Å². The Morgan fingerprint density at radius 2 is 2.39 bits per heavy atom. The summed E-state index contributed by atoms with van der Waals surface area (Å²) in [7, 11) is 0. The largest absolute Gasteiger partial charge is 0.481 e. The first-order valence-electron chi connectivity index (χ1n) is 5.53. The number of carboxylic acids is 1. The average Bonchev–Trinajstić information content (AvgIpc) is 2.87. The predicted molar refractivity (Wildman–Crippen MR) is 68.9 cm³/mol. The van der Waals surface area contributed by atoms with Crippen LogP contribution in [0.3, 0.4) is 0 Å². The van der Waals surface area contributed by atoms with Crippen molar-refractivity contribution in [1.29, 1.82) is 0 Å².